The van der Waals surface area contributed by atoms with Crippen LogP contribution >= 0.6 is 11.6 Å². The molecule has 0 saturated carbocycles. The van der Waals surface area contributed by atoms with Crippen molar-refractivity contribution in [1.82, 2.24) is 9.80 Å². The van der Waals surface area contributed by atoms with Crippen molar-refractivity contribution in [2.45, 2.75) is 26.0 Å². The SMILES string of the molecule is Cc1ccccc1COc1ccc(C(O)=C2C(=O)C(=O)N(CCCN(C)C)C2c2ccc(Cl)cc2)cc1. The van der Waals surface area contributed by atoms with E-state index in [2.05, 4.69) is 0 Å². The normalized spacial score (nSPS) is 17.0. The van der Waals surface area contributed by atoms with Crippen molar-refractivity contribution in [2.24, 2.45) is 0 Å². The Labute approximate surface area is 222 Å². The fourth-order valence-corrected chi connectivity index (χ4v) is 4.58. The third-order valence-corrected chi connectivity index (χ3v) is 6.77. The Hall–Kier alpha value is -3.61. The van der Waals surface area contributed by atoms with Crippen molar-refractivity contribution in [3.8, 4) is 5.75 Å². The average molecular weight is 519 g/mol. The van der Waals surface area contributed by atoms with E-state index in [0.717, 1.165) is 17.7 Å². The van der Waals surface area contributed by atoms with Gasteiger partial charge in [0.25, 0.3) is 11.7 Å². The van der Waals surface area contributed by atoms with Crippen LogP contribution in [0.4, 0.5) is 0 Å². The summed E-state index contributed by atoms with van der Waals surface area (Å²) in [5, 5.41) is 11.8. The predicted molar refractivity (Wildman–Crippen MR) is 146 cm³/mol. The number of Topliss-reactive ketones (excluding diaryl/α,β-unsaturated/α-hetero) is 1. The van der Waals surface area contributed by atoms with Gasteiger partial charge in [-0.05, 0) is 87.1 Å². The largest absolute Gasteiger partial charge is 0.507 e. The molecule has 1 N–H and O–H groups in total. The van der Waals surface area contributed by atoms with Crippen LogP contribution in [0, 0.1) is 6.92 Å². The number of hydrogen-bond donors (Lipinski definition) is 1. The van der Waals surface area contributed by atoms with Crippen molar-refractivity contribution < 1.29 is 19.4 Å². The van der Waals surface area contributed by atoms with Crippen molar-refractivity contribution >= 4 is 29.1 Å². The average Bonchev–Trinajstić information content (AvgIpc) is 3.13. The van der Waals surface area contributed by atoms with Gasteiger partial charge in [0.1, 0.15) is 18.1 Å². The standard InChI is InChI=1S/C30H31ClN2O4/c1-20-7-4-5-8-23(20)19-37-25-15-11-22(12-16-25)28(34)26-27(21-9-13-24(31)14-10-21)33(30(36)29(26)35)18-6-17-32(2)3/h4-5,7-16,27,34H,6,17-19H2,1-3H3. The van der Waals surface area contributed by atoms with Crippen LogP contribution in [0.3, 0.4) is 0 Å². The number of nitrogens with zero attached hydrogens (tertiary/aromatic N) is 2. The number of ketones is 1. The van der Waals surface area contributed by atoms with E-state index in [0.29, 0.717) is 41.5 Å². The molecule has 3 aromatic carbocycles. The second-order valence-corrected chi connectivity index (χ2v) is 9.88. The van der Waals surface area contributed by atoms with Gasteiger partial charge in [0.05, 0.1) is 11.6 Å². The smallest absolute Gasteiger partial charge is 0.295 e. The minimum atomic E-state index is -0.698. The second-order valence-electron chi connectivity index (χ2n) is 9.44. The summed E-state index contributed by atoms with van der Waals surface area (Å²) in [5.74, 6) is -0.877. The fraction of sp³-hybridized carbons (Fsp3) is 0.267. The van der Waals surface area contributed by atoms with Crippen molar-refractivity contribution in [1.29, 1.82) is 0 Å². The fourth-order valence-electron chi connectivity index (χ4n) is 4.46. The molecule has 1 aliphatic rings. The van der Waals surface area contributed by atoms with Crippen LogP contribution in [0.1, 0.15) is 34.7 Å². The number of carbonyl (C=O) groups is 2. The minimum Gasteiger partial charge on any atom is -0.507 e. The van der Waals surface area contributed by atoms with Gasteiger partial charge in [-0.25, -0.2) is 0 Å². The van der Waals surface area contributed by atoms with E-state index >= 15 is 0 Å². The maximum absolute atomic E-state index is 13.2. The first kappa shape index (κ1) is 26.5. The highest BCUT2D eigenvalue weighted by molar-refractivity contribution is 6.46. The van der Waals surface area contributed by atoms with Gasteiger partial charge >= 0.3 is 0 Å². The van der Waals surface area contributed by atoms with Gasteiger partial charge < -0.3 is 19.6 Å². The molecule has 4 rings (SSSR count). The zero-order valence-electron chi connectivity index (χ0n) is 21.3. The minimum absolute atomic E-state index is 0.0748. The van der Waals surface area contributed by atoms with Crippen molar-refractivity contribution in [3.05, 3.63) is 106 Å². The number of likely N-dealkylation sites (tertiary alicyclic amines) is 1. The Morgan fingerprint density at radius 3 is 2.32 bits per heavy atom. The number of hydrogen-bond acceptors (Lipinski definition) is 5. The lowest BCUT2D eigenvalue weighted by Crippen LogP contribution is -2.32. The van der Waals surface area contributed by atoms with Gasteiger partial charge in [0.15, 0.2) is 0 Å². The van der Waals surface area contributed by atoms with Crippen LogP contribution in [0.15, 0.2) is 78.4 Å². The zero-order valence-corrected chi connectivity index (χ0v) is 22.0. The molecule has 1 fully saturated rings. The Morgan fingerprint density at radius 2 is 1.68 bits per heavy atom. The molecule has 1 heterocycles. The molecule has 1 atom stereocenters. The molecule has 0 radical (unpaired) electrons. The highest BCUT2D eigenvalue weighted by Crippen LogP contribution is 2.40. The molecule has 0 aromatic heterocycles. The third kappa shape index (κ3) is 6.04. The summed E-state index contributed by atoms with van der Waals surface area (Å²) < 4.78 is 5.91. The molecule has 3 aromatic rings. The molecular formula is C30H31ClN2O4. The quantitative estimate of drug-likeness (QED) is 0.227. The first-order valence-electron chi connectivity index (χ1n) is 12.2. The Kier molecular flexibility index (Phi) is 8.31. The van der Waals surface area contributed by atoms with Gasteiger partial charge in [-0.3, -0.25) is 9.59 Å². The van der Waals surface area contributed by atoms with E-state index in [1.54, 1.807) is 53.4 Å². The van der Waals surface area contributed by atoms with Gasteiger partial charge in [-0.2, -0.15) is 0 Å². The molecule has 0 spiro atoms. The summed E-state index contributed by atoms with van der Waals surface area (Å²) in [6, 6.07) is 21.2. The summed E-state index contributed by atoms with van der Waals surface area (Å²) >= 11 is 6.09. The van der Waals surface area contributed by atoms with Crippen molar-refractivity contribution in [3.63, 3.8) is 0 Å². The van der Waals surface area contributed by atoms with E-state index in [1.807, 2.05) is 50.2 Å². The van der Waals surface area contributed by atoms with Crippen LogP contribution in [-0.2, 0) is 16.2 Å². The Balaban J connectivity index is 1.63. The predicted octanol–water partition coefficient (Wildman–Crippen LogP) is 5.60. The molecule has 1 amide bonds. The lowest BCUT2D eigenvalue weighted by molar-refractivity contribution is -0.139. The van der Waals surface area contributed by atoms with Gasteiger partial charge in [0, 0.05) is 17.1 Å². The number of aliphatic hydroxyl groups is 1. The third-order valence-electron chi connectivity index (χ3n) is 6.51. The maximum Gasteiger partial charge on any atom is 0.295 e. The van der Waals surface area contributed by atoms with E-state index < -0.39 is 17.7 Å². The van der Waals surface area contributed by atoms with Crippen LogP contribution in [0.25, 0.3) is 5.76 Å². The molecule has 1 saturated heterocycles. The number of benzene rings is 3. The van der Waals surface area contributed by atoms with E-state index in [1.165, 1.54) is 0 Å². The Morgan fingerprint density at radius 1 is 1.00 bits per heavy atom. The number of rotatable bonds is 9. The van der Waals surface area contributed by atoms with E-state index in [-0.39, 0.29) is 11.3 Å². The van der Waals surface area contributed by atoms with Gasteiger partial charge in [-0.1, -0.05) is 48.0 Å². The molecule has 6 nitrogen and oxygen atoms in total. The second kappa shape index (κ2) is 11.6. The number of aliphatic hydroxyl groups excluding tert-OH is 1. The summed E-state index contributed by atoms with van der Waals surface area (Å²) in [4.78, 5) is 29.8. The van der Waals surface area contributed by atoms with Crippen LogP contribution < -0.4 is 4.74 Å². The van der Waals surface area contributed by atoms with Crippen LogP contribution in [0.5, 0.6) is 5.75 Å². The lowest BCUT2D eigenvalue weighted by Gasteiger charge is -2.26. The number of halogens is 1. The summed E-state index contributed by atoms with van der Waals surface area (Å²) in [6.45, 7) is 3.61. The van der Waals surface area contributed by atoms with E-state index in [4.69, 9.17) is 16.3 Å². The molecule has 7 heteroatoms. The molecule has 1 aliphatic heterocycles. The molecule has 0 bridgehead atoms. The monoisotopic (exact) mass is 518 g/mol. The van der Waals surface area contributed by atoms with Crippen molar-refractivity contribution in [2.75, 3.05) is 27.2 Å². The topological polar surface area (TPSA) is 70.1 Å². The summed E-state index contributed by atoms with van der Waals surface area (Å²) in [5.41, 5.74) is 3.47. The first-order valence-corrected chi connectivity index (χ1v) is 12.6. The molecule has 0 aliphatic carbocycles. The first-order chi connectivity index (χ1) is 17.8. The zero-order chi connectivity index (χ0) is 26.5. The molecule has 37 heavy (non-hydrogen) atoms. The lowest BCUT2D eigenvalue weighted by atomic mass is 9.95. The maximum atomic E-state index is 13.2. The highest BCUT2D eigenvalue weighted by atomic mass is 35.5. The number of amides is 1. The van der Waals surface area contributed by atoms with Gasteiger partial charge in [0.2, 0.25) is 0 Å². The van der Waals surface area contributed by atoms with Gasteiger partial charge in [-0.15, -0.1) is 0 Å². The van der Waals surface area contributed by atoms with Crippen LogP contribution in [0.2, 0.25) is 5.02 Å². The summed E-state index contributed by atoms with van der Waals surface area (Å²) in [7, 11) is 3.92. The molecular weight excluding hydrogens is 488 g/mol. The molecule has 1 unspecified atom stereocenters. The molecule has 192 valence electrons. The Bertz CT molecular complexity index is 1300. The summed E-state index contributed by atoms with van der Waals surface area (Å²) in [6.07, 6.45) is 0.692. The number of carbonyl (C=O) groups excluding carboxylic acids is 2. The highest BCUT2D eigenvalue weighted by Gasteiger charge is 2.45. The van der Waals surface area contributed by atoms with E-state index in [9.17, 15) is 14.7 Å². The number of aryl methyl sites for hydroxylation is 1. The van der Waals surface area contributed by atoms with Crippen LogP contribution in [-0.4, -0.2) is 53.8 Å². The number of ether oxygens (including phenoxy) is 1.